The quantitative estimate of drug-likeness (QED) is 0.581. The van der Waals surface area contributed by atoms with Gasteiger partial charge in [-0.2, -0.15) is 13.2 Å². The van der Waals surface area contributed by atoms with Crippen LogP contribution in [0.2, 0.25) is 5.02 Å². The maximum Gasteiger partial charge on any atom is 0.490 e. The lowest BCUT2D eigenvalue weighted by molar-refractivity contribution is -0.192. The van der Waals surface area contributed by atoms with Crippen molar-refractivity contribution in [2.45, 2.75) is 43.8 Å². The van der Waals surface area contributed by atoms with Crippen molar-refractivity contribution in [1.29, 1.82) is 0 Å². The number of halogens is 4. The smallest absolute Gasteiger partial charge is 0.475 e. The van der Waals surface area contributed by atoms with Gasteiger partial charge in [0.15, 0.2) is 0 Å². The number of piperidine rings is 1. The van der Waals surface area contributed by atoms with Gasteiger partial charge in [-0.15, -0.1) is 0 Å². The number of nitrogens with zero attached hydrogens (tertiary/aromatic N) is 2. The minimum Gasteiger partial charge on any atom is -0.475 e. The van der Waals surface area contributed by atoms with E-state index in [0.29, 0.717) is 12.6 Å². The summed E-state index contributed by atoms with van der Waals surface area (Å²) in [6, 6.07) is 19.2. The van der Waals surface area contributed by atoms with Gasteiger partial charge in [-0.1, -0.05) is 41.9 Å². The van der Waals surface area contributed by atoms with Crippen LogP contribution < -0.4 is 10.2 Å². The molecule has 2 heterocycles. The standard InChI is InChI=1S/C22H28ClN3O.C2HF3O2/c23-18-8-6-17(7-9-18)14-25-12-10-19(11-13-25)24-21-15-26(16-22(21)27)20-4-2-1-3-5-20;3-2(4,5)1(6)7/h1-9,19,21-22,24,27H,10-16H2;(H,6,7)/t21?,22-;/m1./s1. The predicted molar refractivity (Wildman–Crippen MR) is 125 cm³/mol. The largest absolute Gasteiger partial charge is 0.490 e. The molecule has 2 aliphatic heterocycles. The Bertz CT molecular complexity index is 907. The topological polar surface area (TPSA) is 76.0 Å². The number of anilines is 1. The fourth-order valence-electron chi connectivity index (χ4n) is 4.21. The van der Waals surface area contributed by atoms with Crippen LogP contribution in [0.4, 0.5) is 18.9 Å². The van der Waals surface area contributed by atoms with E-state index in [9.17, 15) is 18.3 Å². The Morgan fingerprint density at radius 1 is 1.03 bits per heavy atom. The summed E-state index contributed by atoms with van der Waals surface area (Å²) in [6.45, 7) is 4.74. The number of alkyl halides is 3. The van der Waals surface area contributed by atoms with Crippen LogP contribution in [0, 0.1) is 0 Å². The second-order valence-corrected chi connectivity index (χ2v) is 9.00. The fraction of sp³-hybridized carbons (Fsp3) is 0.458. The third-order valence-electron chi connectivity index (χ3n) is 6.01. The van der Waals surface area contributed by atoms with Crippen molar-refractivity contribution in [3.63, 3.8) is 0 Å². The maximum absolute atomic E-state index is 10.6. The van der Waals surface area contributed by atoms with Crippen molar-refractivity contribution in [2.75, 3.05) is 31.1 Å². The Kier molecular flexibility index (Phi) is 9.18. The van der Waals surface area contributed by atoms with Gasteiger partial charge in [-0.05, 0) is 55.8 Å². The molecule has 0 aromatic heterocycles. The molecule has 0 bridgehead atoms. The number of aliphatic hydroxyl groups excluding tert-OH is 1. The van der Waals surface area contributed by atoms with Gasteiger partial charge in [0.25, 0.3) is 0 Å². The summed E-state index contributed by atoms with van der Waals surface area (Å²) in [5.74, 6) is -2.76. The van der Waals surface area contributed by atoms with Gasteiger partial charge in [0, 0.05) is 36.4 Å². The highest BCUT2D eigenvalue weighted by Crippen LogP contribution is 2.22. The zero-order valence-corrected chi connectivity index (χ0v) is 19.3. The number of para-hydroxylation sites is 1. The number of rotatable bonds is 5. The van der Waals surface area contributed by atoms with Gasteiger partial charge in [0.1, 0.15) is 0 Å². The zero-order valence-electron chi connectivity index (χ0n) is 18.6. The Morgan fingerprint density at radius 3 is 2.18 bits per heavy atom. The van der Waals surface area contributed by atoms with Gasteiger partial charge in [-0.25, -0.2) is 4.79 Å². The van der Waals surface area contributed by atoms with E-state index in [4.69, 9.17) is 21.5 Å². The van der Waals surface area contributed by atoms with Crippen molar-refractivity contribution in [1.82, 2.24) is 10.2 Å². The Labute approximate surface area is 201 Å². The normalized spacial score (nSPS) is 21.7. The molecule has 0 saturated carbocycles. The molecule has 0 amide bonds. The number of carboxylic acid groups (broad SMARTS) is 1. The number of hydrogen-bond donors (Lipinski definition) is 3. The van der Waals surface area contributed by atoms with Gasteiger partial charge < -0.3 is 20.4 Å². The lowest BCUT2D eigenvalue weighted by Gasteiger charge is -2.34. The van der Waals surface area contributed by atoms with Crippen molar-refractivity contribution >= 4 is 23.3 Å². The second-order valence-electron chi connectivity index (χ2n) is 8.56. The number of likely N-dealkylation sites (tertiary alicyclic amines) is 1. The number of carbonyl (C=O) groups is 1. The van der Waals surface area contributed by atoms with Crippen molar-refractivity contribution in [3.05, 3.63) is 65.2 Å². The number of aliphatic hydroxyl groups is 1. The molecule has 6 nitrogen and oxygen atoms in total. The molecule has 34 heavy (non-hydrogen) atoms. The number of β-amino-alcohol motifs (C(OH)–C–C–N with tert-alkyl or cyclic N) is 1. The Morgan fingerprint density at radius 2 is 1.62 bits per heavy atom. The van der Waals surface area contributed by atoms with Crippen LogP contribution in [-0.4, -0.2) is 71.6 Å². The SMILES string of the molecule is O=C(O)C(F)(F)F.O[C@@H]1CN(c2ccccc2)CC1NC1CCN(Cc2ccc(Cl)cc2)CC1. The van der Waals surface area contributed by atoms with E-state index < -0.39 is 12.1 Å². The lowest BCUT2D eigenvalue weighted by atomic mass is 10.0. The molecule has 0 radical (unpaired) electrons. The molecule has 2 aromatic rings. The monoisotopic (exact) mass is 499 g/mol. The molecule has 2 aliphatic rings. The van der Waals surface area contributed by atoms with E-state index in [1.54, 1.807) is 0 Å². The van der Waals surface area contributed by atoms with E-state index >= 15 is 0 Å². The second kappa shape index (κ2) is 11.9. The molecule has 10 heteroatoms. The predicted octanol–water partition coefficient (Wildman–Crippen LogP) is 3.78. The summed E-state index contributed by atoms with van der Waals surface area (Å²) in [4.78, 5) is 13.7. The van der Waals surface area contributed by atoms with Gasteiger partial charge in [-0.3, -0.25) is 4.90 Å². The molecular weight excluding hydrogens is 471 g/mol. The van der Waals surface area contributed by atoms with Crippen LogP contribution >= 0.6 is 11.6 Å². The minimum absolute atomic E-state index is 0.151. The molecule has 0 aliphatic carbocycles. The molecule has 186 valence electrons. The summed E-state index contributed by atoms with van der Waals surface area (Å²) in [5, 5.41) is 22.1. The molecule has 2 saturated heterocycles. The van der Waals surface area contributed by atoms with Crippen molar-refractivity contribution in [3.8, 4) is 0 Å². The van der Waals surface area contributed by atoms with Gasteiger partial charge >= 0.3 is 12.1 Å². The van der Waals surface area contributed by atoms with Crippen molar-refractivity contribution < 1.29 is 28.2 Å². The highest BCUT2D eigenvalue weighted by Gasteiger charge is 2.38. The first kappa shape index (κ1) is 26.3. The molecule has 4 rings (SSSR count). The van der Waals surface area contributed by atoms with E-state index in [0.717, 1.165) is 44.0 Å². The highest BCUT2D eigenvalue weighted by molar-refractivity contribution is 6.30. The average molecular weight is 500 g/mol. The maximum atomic E-state index is 10.6. The van der Waals surface area contributed by atoms with Gasteiger partial charge in [0.05, 0.1) is 12.1 Å². The number of hydrogen-bond acceptors (Lipinski definition) is 5. The summed E-state index contributed by atoms with van der Waals surface area (Å²) >= 11 is 5.97. The van der Waals surface area contributed by atoms with E-state index in [-0.39, 0.29) is 12.1 Å². The Hall–Kier alpha value is -2.33. The minimum atomic E-state index is -5.08. The molecule has 1 unspecified atom stereocenters. The van der Waals surface area contributed by atoms with Crippen LogP contribution in [0.25, 0.3) is 0 Å². The zero-order chi connectivity index (χ0) is 24.7. The number of nitrogens with one attached hydrogen (secondary N) is 1. The van der Waals surface area contributed by atoms with Crippen molar-refractivity contribution in [2.24, 2.45) is 0 Å². The first-order valence-electron chi connectivity index (χ1n) is 11.1. The molecule has 2 aromatic carbocycles. The van der Waals surface area contributed by atoms with E-state index in [1.807, 2.05) is 18.2 Å². The number of aliphatic carboxylic acids is 1. The van der Waals surface area contributed by atoms with Crippen LogP contribution in [0.3, 0.4) is 0 Å². The first-order chi connectivity index (χ1) is 16.1. The van der Waals surface area contributed by atoms with Crippen LogP contribution in [0.15, 0.2) is 54.6 Å². The fourth-order valence-corrected chi connectivity index (χ4v) is 4.33. The third kappa shape index (κ3) is 7.87. The van der Waals surface area contributed by atoms with E-state index in [2.05, 4.69) is 51.5 Å². The summed E-state index contributed by atoms with van der Waals surface area (Å²) < 4.78 is 31.7. The molecule has 2 atom stereocenters. The molecular formula is C24H29ClF3N3O3. The summed E-state index contributed by atoms with van der Waals surface area (Å²) in [5.41, 5.74) is 2.51. The number of benzene rings is 2. The summed E-state index contributed by atoms with van der Waals surface area (Å²) in [6.07, 6.45) is -3.14. The first-order valence-corrected chi connectivity index (χ1v) is 11.5. The van der Waals surface area contributed by atoms with Crippen LogP contribution in [0.1, 0.15) is 18.4 Å². The van der Waals surface area contributed by atoms with Gasteiger partial charge in [0.2, 0.25) is 0 Å². The Balaban J connectivity index is 0.000000406. The lowest BCUT2D eigenvalue weighted by Crippen LogP contribution is -2.49. The van der Waals surface area contributed by atoms with E-state index in [1.165, 1.54) is 11.3 Å². The number of carboxylic acids is 1. The van der Waals surface area contributed by atoms with Crippen LogP contribution in [-0.2, 0) is 11.3 Å². The molecule has 0 spiro atoms. The third-order valence-corrected chi connectivity index (χ3v) is 6.26. The molecule has 3 N–H and O–H groups in total. The highest BCUT2D eigenvalue weighted by atomic mass is 35.5. The van der Waals surface area contributed by atoms with Crippen LogP contribution in [0.5, 0.6) is 0 Å². The molecule has 2 fully saturated rings. The average Bonchev–Trinajstić information content (AvgIpc) is 3.17. The summed E-state index contributed by atoms with van der Waals surface area (Å²) in [7, 11) is 0.